The fourth-order valence-corrected chi connectivity index (χ4v) is 1.76. The van der Waals surface area contributed by atoms with Crippen molar-refractivity contribution >= 4 is 28.8 Å². The molecule has 5 heteroatoms. The van der Waals surface area contributed by atoms with Gasteiger partial charge in [0.25, 0.3) is 0 Å². The molecular formula is C13H11ClN2O2. The summed E-state index contributed by atoms with van der Waals surface area (Å²) in [5, 5.41) is 9.17. The first-order valence-electron chi connectivity index (χ1n) is 5.25. The number of Topliss-reactive ketones (excluding diaryl/α,β-unsaturated/α-hetero) is 1. The van der Waals surface area contributed by atoms with Crippen LogP contribution in [0.5, 0.6) is 5.75 Å². The van der Waals surface area contributed by atoms with Crippen LogP contribution in [0.15, 0.2) is 51.6 Å². The highest BCUT2D eigenvalue weighted by atomic mass is 35.5. The number of hydrogen-bond acceptors (Lipinski definition) is 4. The molecule has 4 nitrogen and oxygen atoms in total. The maximum absolute atomic E-state index is 11.6. The molecule has 1 aliphatic rings. The summed E-state index contributed by atoms with van der Waals surface area (Å²) in [6.45, 7) is 1.66. The molecule has 0 bridgehead atoms. The van der Waals surface area contributed by atoms with Crippen LogP contribution in [0.25, 0.3) is 0 Å². The van der Waals surface area contributed by atoms with Gasteiger partial charge in [0, 0.05) is 5.57 Å². The quantitative estimate of drug-likeness (QED) is 0.763. The van der Waals surface area contributed by atoms with Gasteiger partial charge < -0.3 is 10.8 Å². The van der Waals surface area contributed by atoms with E-state index in [1.54, 1.807) is 25.1 Å². The number of ketones is 1. The van der Waals surface area contributed by atoms with Crippen molar-refractivity contribution in [1.82, 2.24) is 0 Å². The zero-order valence-electron chi connectivity index (χ0n) is 9.64. The summed E-state index contributed by atoms with van der Waals surface area (Å²) in [6, 6.07) is 6.32. The van der Waals surface area contributed by atoms with Gasteiger partial charge in [0.05, 0.1) is 17.1 Å². The molecule has 0 aliphatic heterocycles. The summed E-state index contributed by atoms with van der Waals surface area (Å²) in [5.74, 6) is -0.120. The van der Waals surface area contributed by atoms with Crippen LogP contribution >= 0.6 is 11.6 Å². The van der Waals surface area contributed by atoms with Crippen LogP contribution in [0.2, 0.25) is 0 Å². The van der Waals surface area contributed by atoms with Gasteiger partial charge in [-0.1, -0.05) is 11.6 Å². The predicted molar refractivity (Wildman–Crippen MR) is 71.0 cm³/mol. The summed E-state index contributed by atoms with van der Waals surface area (Å²) in [4.78, 5) is 15.8. The third-order valence-electron chi connectivity index (χ3n) is 2.52. The first-order chi connectivity index (χ1) is 8.49. The fourth-order valence-electron chi connectivity index (χ4n) is 1.51. The van der Waals surface area contributed by atoms with Crippen LogP contribution < -0.4 is 5.73 Å². The lowest BCUT2D eigenvalue weighted by molar-refractivity contribution is -0.111. The van der Waals surface area contributed by atoms with E-state index in [2.05, 4.69) is 4.99 Å². The Labute approximate surface area is 109 Å². The number of halogens is 1. The normalized spacial score (nSPS) is 18.2. The Bertz CT molecular complexity index is 598. The van der Waals surface area contributed by atoms with E-state index in [1.807, 2.05) is 0 Å². The number of carbonyl (C=O) groups is 1. The van der Waals surface area contributed by atoms with Crippen LogP contribution in [-0.2, 0) is 4.79 Å². The minimum Gasteiger partial charge on any atom is -0.508 e. The van der Waals surface area contributed by atoms with E-state index >= 15 is 0 Å². The Morgan fingerprint density at radius 3 is 2.50 bits per heavy atom. The van der Waals surface area contributed by atoms with E-state index in [4.69, 9.17) is 17.3 Å². The van der Waals surface area contributed by atoms with Gasteiger partial charge in [0.2, 0.25) is 5.78 Å². The van der Waals surface area contributed by atoms with E-state index in [1.165, 1.54) is 12.1 Å². The van der Waals surface area contributed by atoms with E-state index in [-0.39, 0.29) is 22.3 Å². The van der Waals surface area contributed by atoms with Crippen molar-refractivity contribution in [2.24, 2.45) is 10.7 Å². The number of carbonyl (C=O) groups excluding carboxylic acids is 1. The van der Waals surface area contributed by atoms with Gasteiger partial charge >= 0.3 is 0 Å². The highest BCUT2D eigenvalue weighted by Crippen LogP contribution is 2.23. The minimum atomic E-state index is -0.279. The molecule has 1 aliphatic carbocycles. The van der Waals surface area contributed by atoms with Gasteiger partial charge in [0.1, 0.15) is 10.8 Å². The molecule has 92 valence electrons. The standard InChI is InChI=1S/C13H11ClN2O2/c1-7-6-10(12(15)11(14)13(7)18)16-8-2-4-9(17)5-3-8/h2-6,17H,15H2,1H3/b16-10-. The highest BCUT2D eigenvalue weighted by molar-refractivity contribution is 6.49. The monoisotopic (exact) mass is 262 g/mol. The molecule has 1 aromatic rings. The number of nitrogens with two attached hydrogens (primary N) is 1. The maximum Gasteiger partial charge on any atom is 0.202 e. The molecule has 0 radical (unpaired) electrons. The summed E-state index contributed by atoms with van der Waals surface area (Å²) >= 11 is 5.84. The summed E-state index contributed by atoms with van der Waals surface area (Å²) in [7, 11) is 0. The van der Waals surface area contributed by atoms with Crippen molar-refractivity contribution in [3.05, 3.63) is 46.6 Å². The maximum atomic E-state index is 11.6. The Balaban J connectivity index is 2.45. The van der Waals surface area contributed by atoms with E-state index in [0.717, 1.165) is 0 Å². The van der Waals surface area contributed by atoms with Crippen molar-refractivity contribution in [1.29, 1.82) is 0 Å². The Morgan fingerprint density at radius 1 is 1.28 bits per heavy atom. The largest absolute Gasteiger partial charge is 0.508 e. The van der Waals surface area contributed by atoms with Crippen molar-refractivity contribution in [2.45, 2.75) is 6.92 Å². The SMILES string of the molecule is CC1=C/C(=N/c2ccc(O)cc2)C(N)=C(Cl)C1=O. The van der Waals surface area contributed by atoms with Crippen LogP contribution in [0, 0.1) is 0 Å². The average Bonchev–Trinajstić information content (AvgIpc) is 2.36. The molecule has 2 rings (SSSR count). The van der Waals surface area contributed by atoms with Crippen LogP contribution in [0.4, 0.5) is 5.69 Å². The molecule has 0 aromatic heterocycles. The lowest BCUT2D eigenvalue weighted by atomic mass is 10.0. The summed E-state index contributed by atoms with van der Waals surface area (Å²) < 4.78 is 0. The number of aliphatic imine (C=N–C) groups is 1. The molecule has 0 unspecified atom stereocenters. The van der Waals surface area contributed by atoms with Gasteiger partial charge in [-0.3, -0.25) is 4.79 Å². The van der Waals surface area contributed by atoms with Gasteiger partial charge in [-0.25, -0.2) is 4.99 Å². The second kappa shape index (κ2) is 4.66. The lowest BCUT2D eigenvalue weighted by Gasteiger charge is -2.12. The molecular weight excluding hydrogens is 252 g/mol. The number of phenols is 1. The zero-order chi connectivity index (χ0) is 13.3. The Kier molecular flexibility index (Phi) is 3.21. The second-order valence-corrected chi connectivity index (χ2v) is 4.28. The van der Waals surface area contributed by atoms with Crippen molar-refractivity contribution in [3.8, 4) is 5.75 Å². The van der Waals surface area contributed by atoms with Gasteiger partial charge in [0.15, 0.2) is 0 Å². The molecule has 0 heterocycles. The number of phenolic OH excluding ortho intramolecular Hbond substituents is 1. The van der Waals surface area contributed by atoms with E-state index < -0.39 is 0 Å². The second-order valence-electron chi connectivity index (χ2n) is 3.90. The molecule has 0 fully saturated rings. The van der Waals surface area contributed by atoms with Crippen LogP contribution in [0.3, 0.4) is 0 Å². The highest BCUT2D eigenvalue weighted by Gasteiger charge is 2.21. The molecule has 3 N–H and O–H groups in total. The van der Waals surface area contributed by atoms with Gasteiger partial charge in [-0.05, 0) is 37.3 Å². The topological polar surface area (TPSA) is 75.7 Å². The molecule has 0 spiro atoms. The van der Waals surface area contributed by atoms with Crippen molar-refractivity contribution in [2.75, 3.05) is 0 Å². The number of hydrogen-bond donors (Lipinski definition) is 2. The zero-order valence-corrected chi connectivity index (χ0v) is 10.4. The van der Waals surface area contributed by atoms with Crippen LogP contribution in [0.1, 0.15) is 6.92 Å². The smallest absolute Gasteiger partial charge is 0.202 e. The van der Waals surface area contributed by atoms with Crippen molar-refractivity contribution < 1.29 is 9.90 Å². The van der Waals surface area contributed by atoms with E-state index in [0.29, 0.717) is 17.0 Å². The summed E-state index contributed by atoms with van der Waals surface area (Å²) in [6.07, 6.45) is 1.59. The average molecular weight is 263 g/mol. The first-order valence-corrected chi connectivity index (χ1v) is 5.63. The summed E-state index contributed by atoms with van der Waals surface area (Å²) in [5.41, 5.74) is 7.48. The third-order valence-corrected chi connectivity index (χ3v) is 2.90. The number of nitrogens with zero attached hydrogens (tertiary/aromatic N) is 1. The third kappa shape index (κ3) is 2.28. The Morgan fingerprint density at radius 2 is 1.89 bits per heavy atom. The van der Waals surface area contributed by atoms with E-state index in [9.17, 15) is 9.90 Å². The minimum absolute atomic E-state index is 0.00692. The molecule has 0 saturated carbocycles. The number of benzene rings is 1. The van der Waals surface area contributed by atoms with Gasteiger partial charge in [-0.2, -0.15) is 0 Å². The number of rotatable bonds is 1. The fraction of sp³-hybridized carbons (Fsp3) is 0.0769. The van der Waals surface area contributed by atoms with Crippen molar-refractivity contribution in [3.63, 3.8) is 0 Å². The molecule has 1 aromatic carbocycles. The first kappa shape index (κ1) is 12.4. The lowest BCUT2D eigenvalue weighted by Crippen LogP contribution is -2.20. The number of aromatic hydroxyl groups is 1. The molecule has 0 saturated heterocycles. The molecule has 18 heavy (non-hydrogen) atoms. The predicted octanol–water partition coefficient (Wildman–Crippen LogP) is 2.40. The Hall–Kier alpha value is -2.07. The molecule has 0 amide bonds. The number of allylic oxidation sites excluding steroid dienone is 3. The van der Waals surface area contributed by atoms with Crippen LogP contribution in [-0.4, -0.2) is 16.6 Å². The van der Waals surface area contributed by atoms with Gasteiger partial charge in [-0.15, -0.1) is 0 Å². The molecule has 0 atom stereocenters.